The summed E-state index contributed by atoms with van der Waals surface area (Å²) in [6.45, 7) is 2.84. The Labute approximate surface area is 163 Å². The van der Waals surface area contributed by atoms with Crippen LogP contribution in [-0.2, 0) is 17.6 Å². The lowest BCUT2D eigenvalue weighted by atomic mass is 10.1. The Balaban J connectivity index is 1.68. The van der Waals surface area contributed by atoms with Crippen molar-refractivity contribution in [3.8, 4) is 5.75 Å². The molecule has 0 spiro atoms. The van der Waals surface area contributed by atoms with E-state index in [0.29, 0.717) is 22.7 Å². The summed E-state index contributed by atoms with van der Waals surface area (Å²) in [5.41, 5.74) is 2.07. The zero-order valence-electron chi connectivity index (χ0n) is 15.8. The summed E-state index contributed by atoms with van der Waals surface area (Å²) < 4.78 is 10.6. The predicted molar refractivity (Wildman–Crippen MR) is 107 cm³/mol. The molecule has 6 heteroatoms. The minimum atomic E-state index is -0.388. The topological polar surface area (TPSA) is 64.6 Å². The molecule has 0 saturated heterocycles. The Morgan fingerprint density at radius 2 is 1.93 bits per heavy atom. The first-order valence-electron chi connectivity index (χ1n) is 9.41. The van der Waals surface area contributed by atoms with Gasteiger partial charge in [0.1, 0.15) is 10.8 Å². The van der Waals surface area contributed by atoms with Crippen LogP contribution in [0, 0.1) is 0 Å². The quantitative estimate of drug-likeness (QED) is 0.520. The van der Waals surface area contributed by atoms with E-state index in [2.05, 4.69) is 12.2 Å². The number of thiophene rings is 1. The number of hydrogen-bond donors (Lipinski definition) is 1. The van der Waals surface area contributed by atoms with Crippen LogP contribution in [0.4, 0.5) is 5.00 Å². The van der Waals surface area contributed by atoms with Crippen LogP contribution in [-0.4, -0.2) is 25.6 Å². The minimum Gasteiger partial charge on any atom is -0.494 e. The molecular formula is C21H25NO4S. The van der Waals surface area contributed by atoms with Gasteiger partial charge in [-0.3, -0.25) is 4.79 Å². The highest BCUT2D eigenvalue weighted by molar-refractivity contribution is 7.17. The number of carbonyl (C=O) groups excluding carboxylic acids is 2. The maximum absolute atomic E-state index is 12.6. The zero-order valence-corrected chi connectivity index (χ0v) is 16.6. The van der Waals surface area contributed by atoms with Crippen LogP contribution in [0.25, 0.3) is 0 Å². The Morgan fingerprint density at radius 1 is 1.15 bits per heavy atom. The van der Waals surface area contributed by atoms with Crippen molar-refractivity contribution < 1.29 is 19.1 Å². The number of unbranched alkanes of at least 4 members (excludes halogenated alkanes) is 2. The molecule has 0 bridgehead atoms. The molecule has 3 rings (SSSR count). The number of hydrogen-bond acceptors (Lipinski definition) is 5. The molecule has 0 saturated carbocycles. The lowest BCUT2D eigenvalue weighted by molar-refractivity contribution is 0.0601. The number of fused-ring (bicyclic) bond motifs is 1. The summed E-state index contributed by atoms with van der Waals surface area (Å²) in [7, 11) is 1.37. The van der Waals surface area contributed by atoms with Gasteiger partial charge >= 0.3 is 5.97 Å². The molecule has 1 N–H and O–H groups in total. The lowest BCUT2D eigenvalue weighted by Gasteiger charge is -2.09. The average Bonchev–Trinajstić information content (AvgIpc) is 3.26. The van der Waals surface area contributed by atoms with Gasteiger partial charge in [0.15, 0.2) is 0 Å². The highest BCUT2D eigenvalue weighted by Gasteiger charge is 2.28. The van der Waals surface area contributed by atoms with Gasteiger partial charge in [0.25, 0.3) is 5.91 Å². The van der Waals surface area contributed by atoms with Crippen molar-refractivity contribution in [2.45, 2.75) is 45.4 Å². The normalized spacial score (nSPS) is 12.5. The minimum absolute atomic E-state index is 0.238. The van der Waals surface area contributed by atoms with E-state index in [1.165, 1.54) is 23.3 Å². The Kier molecular flexibility index (Phi) is 6.50. The molecule has 144 valence electrons. The van der Waals surface area contributed by atoms with E-state index < -0.39 is 0 Å². The summed E-state index contributed by atoms with van der Waals surface area (Å²) in [6.07, 6.45) is 6.17. The Morgan fingerprint density at radius 3 is 2.63 bits per heavy atom. The third-order valence-electron chi connectivity index (χ3n) is 4.67. The fraction of sp³-hybridized carbons (Fsp3) is 0.429. The van der Waals surface area contributed by atoms with Crippen molar-refractivity contribution in [1.82, 2.24) is 0 Å². The summed E-state index contributed by atoms with van der Waals surface area (Å²) >= 11 is 1.48. The van der Waals surface area contributed by atoms with E-state index in [4.69, 9.17) is 9.47 Å². The molecule has 5 nitrogen and oxygen atoms in total. The monoisotopic (exact) mass is 387 g/mol. The SMILES string of the molecule is CCCCCOc1ccc(C(=O)Nc2sc3c(c2C(=O)OC)CCC3)cc1. The molecule has 0 fully saturated rings. The number of esters is 1. The average molecular weight is 388 g/mol. The van der Waals surface area contributed by atoms with Gasteiger partial charge in [-0.25, -0.2) is 4.79 Å². The summed E-state index contributed by atoms with van der Waals surface area (Å²) in [6, 6.07) is 7.08. The van der Waals surface area contributed by atoms with Gasteiger partial charge in [-0.05, 0) is 55.5 Å². The maximum Gasteiger partial charge on any atom is 0.341 e. The smallest absolute Gasteiger partial charge is 0.341 e. The standard InChI is InChI=1S/C21H25NO4S/c1-3-4-5-13-26-15-11-9-14(10-12-15)19(23)22-20-18(21(24)25-2)16-7-6-8-17(16)27-20/h9-12H,3-8,13H2,1-2H3,(H,22,23). The summed E-state index contributed by atoms with van der Waals surface area (Å²) in [5, 5.41) is 3.47. The molecule has 0 atom stereocenters. The van der Waals surface area contributed by atoms with E-state index in [1.54, 1.807) is 24.3 Å². The van der Waals surface area contributed by atoms with Gasteiger partial charge < -0.3 is 14.8 Å². The van der Waals surface area contributed by atoms with Crippen LogP contribution >= 0.6 is 11.3 Å². The molecule has 0 aliphatic heterocycles. The van der Waals surface area contributed by atoms with Crippen LogP contribution in [0.2, 0.25) is 0 Å². The first-order valence-corrected chi connectivity index (χ1v) is 10.2. The number of rotatable bonds is 8. The lowest BCUT2D eigenvalue weighted by Crippen LogP contribution is -2.14. The second kappa shape index (κ2) is 9.04. The van der Waals surface area contributed by atoms with Gasteiger partial charge in [-0.2, -0.15) is 0 Å². The molecule has 1 aliphatic carbocycles. The second-order valence-electron chi connectivity index (χ2n) is 6.59. The fourth-order valence-corrected chi connectivity index (χ4v) is 4.50. The summed E-state index contributed by atoms with van der Waals surface area (Å²) in [4.78, 5) is 26.0. The van der Waals surface area contributed by atoms with E-state index in [-0.39, 0.29) is 11.9 Å². The molecule has 27 heavy (non-hydrogen) atoms. The Bertz CT molecular complexity index is 810. The second-order valence-corrected chi connectivity index (χ2v) is 7.69. The van der Waals surface area contributed by atoms with Crippen LogP contribution in [0.15, 0.2) is 24.3 Å². The zero-order chi connectivity index (χ0) is 19.2. The van der Waals surface area contributed by atoms with Crippen LogP contribution in [0.1, 0.15) is 63.8 Å². The molecule has 1 heterocycles. The number of ether oxygens (including phenoxy) is 2. The predicted octanol–water partition coefficient (Wildman–Crippen LogP) is 4.84. The molecule has 0 radical (unpaired) electrons. The van der Waals surface area contributed by atoms with Gasteiger partial charge in [-0.1, -0.05) is 19.8 Å². The molecule has 1 aliphatic rings. The van der Waals surface area contributed by atoms with Crippen molar-refractivity contribution in [1.29, 1.82) is 0 Å². The van der Waals surface area contributed by atoms with Crippen molar-refractivity contribution in [3.63, 3.8) is 0 Å². The van der Waals surface area contributed by atoms with E-state index in [0.717, 1.165) is 49.8 Å². The number of nitrogens with one attached hydrogen (secondary N) is 1. The highest BCUT2D eigenvalue weighted by atomic mass is 32.1. The van der Waals surface area contributed by atoms with Crippen molar-refractivity contribution in [3.05, 3.63) is 45.8 Å². The van der Waals surface area contributed by atoms with E-state index >= 15 is 0 Å². The number of anilines is 1. The molecule has 0 unspecified atom stereocenters. The van der Waals surface area contributed by atoms with E-state index in [9.17, 15) is 9.59 Å². The number of aryl methyl sites for hydroxylation is 1. The number of amides is 1. The molecular weight excluding hydrogens is 362 g/mol. The Hall–Kier alpha value is -2.34. The molecule has 1 aromatic heterocycles. The third kappa shape index (κ3) is 4.50. The largest absolute Gasteiger partial charge is 0.494 e. The van der Waals surface area contributed by atoms with Gasteiger partial charge in [0.05, 0.1) is 19.3 Å². The first-order chi connectivity index (χ1) is 13.1. The first kappa shape index (κ1) is 19.4. The van der Waals surface area contributed by atoms with Gasteiger partial charge in [-0.15, -0.1) is 11.3 Å². The van der Waals surface area contributed by atoms with Crippen molar-refractivity contribution in [2.24, 2.45) is 0 Å². The fourth-order valence-electron chi connectivity index (χ4n) is 3.23. The van der Waals surface area contributed by atoms with Crippen LogP contribution < -0.4 is 10.1 Å². The van der Waals surface area contributed by atoms with E-state index in [1.807, 2.05) is 0 Å². The molecule has 1 aromatic carbocycles. The van der Waals surface area contributed by atoms with Crippen LogP contribution in [0.3, 0.4) is 0 Å². The number of benzene rings is 1. The van der Waals surface area contributed by atoms with Crippen LogP contribution in [0.5, 0.6) is 5.75 Å². The molecule has 1 amide bonds. The van der Waals surface area contributed by atoms with Crippen molar-refractivity contribution in [2.75, 3.05) is 19.0 Å². The third-order valence-corrected chi connectivity index (χ3v) is 5.88. The number of methoxy groups -OCH3 is 1. The molecule has 2 aromatic rings. The maximum atomic E-state index is 12.6. The van der Waals surface area contributed by atoms with Crippen molar-refractivity contribution >= 4 is 28.2 Å². The van der Waals surface area contributed by atoms with Gasteiger partial charge in [0.2, 0.25) is 0 Å². The summed E-state index contributed by atoms with van der Waals surface area (Å²) in [5.74, 6) is 0.131. The van der Waals surface area contributed by atoms with Gasteiger partial charge in [0, 0.05) is 10.4 Å². The number of carbonyl (C=O) groups is 2. The highest BCUT2D eigenvalue weighted by Crippen LogP contribution is 2.39.